The molecule has 0 unspecified atom stereocenters. The monoisotopic (exact) mass is 154 g/mol. The minimum absolute atomic E-state index is 0.212. The third kappa shape index (κ3) is 7.26. The molecule has 59 valence electrons. The van der Waals surface area contributed by atoms with Gasteiger partial charge in [-0.05, 0) is 13.8 Å². The van der Waals surface area contributed by atoms with Gasteiger partial charge in [-0.25, -0.2) is 0 Å². The van der Waals surface area contributed by atoms with E-state index in [9.17, 15) is 13.2 Å². The molecule has 0 aromatic carbocycles. The molecule has 0 bridgehead atoms. The van der Waals surface area contributed by atoms with Crippen LogP contribution in [0.15, 0.2) is 5.16 Å². The van der Waals surface area contributed by atoms with Crippen LogP contribution in [0.3, 0.4) is 0 Å². The minimum atomic E-state index is -4.32. The van der Waals surface area contributed by atoms with E-state index < -0.39 is 12.8 Å². The zero-order chi connectivity index (χ0) is 8.20. The molecule has 1 radical (unpaired) electrons. The average molecular weight is 154 g/mol. The van der Waals surface area contributed by atoms with Crippen LogP contribution in [0.2, 0.25) is 0 Å². The van der Waals surface area contributed by atoms with Gasteiger partial charge in [-0.2, -0.15) is 13.2 Å². The van der Waals surface area contributed by atoms with Gasteiger partial charge in [0, 0.05) is 0 Å². The Morgan fingerprint density at radius 3 is 2.40 bits per heavy atom. The fourth-order valence-corrected chi connectivity index (χ4v) is 0.216. The lowest BCUT2D eigenvalue weighted by Crippen LogP contribution is -2.15. The zero-order valence-electron chi connectivity index (χ0n) is 5.40. The van der Waals surface area contributed by atoms with Crippen molar-refractivity contribution in [3.05, 3.63) is 6.92 Å². The molecule has 0 aliphatic carbocycles. The molecule has 0 aliphatic rings. The second-order valence-electron chi connectivity index (χ2n) is 1.72. The molecule has 0 heterocycles. The van der Waals surface area contributed by atoms with Crippen molar-refractivity contribution in [3.8, 4) is 0 Å². The molecule has 0 atom stereocenters. The van der Waals surface area contributed by atoms with Crippen LogP contribution < -0.4 is 0 Å². The van der Waals surface area contributed by atoms with E-state index in [1.165, 1.54) is 6.92 Å². The topological polar surface area (TPSA) is 21.6 Å². The summed E-state index contributed by atoms with van der Waals surface area (Å²) in [4.78, 5) is 3.86. The molecule has 10 heavy (non-hydrogen) atoms. The minimum Gasteiger partial charge on any atom is -0.386 e. The number of hydrogen-bond acceptors (Lipinski definition) is 2. The first-order valence-electron chi connectivity index (χ1n) is 2.47. The summed E-state index contributed by atoms with van der Waals surface area (Å²) in [5.74, 6) is 0. The van der Waals surface area contributed by atoms with Crippen LogP contribution in [0.25, 0.3) is 0 Å². The summed E-state index contributed by atoms with van der Waals surface area (Å²) in [5, 5.41) is 3.00. The second-order valence-corrected chi connectivity index (χ2v) is 1.72. The fourth-order valence-electron chi connectivity index (χ4n) is 0.216. The van der Waals surface area contributed by atoms with Crippen LogP contribution in [0.1, 0.15) is 6.92 Å². The third-order valence-corrected chi connectivity index (χ3v) is 0.449. The molecule has 0 aliphatic heterocycles. The number of alkyl halides is 3. The highest BCUT2D eigenvalue weighted by atomic mass is 19.4. The Bertz CT molecular complexity index is 125. The maximum absolute atomic E-state index is 11.3. The van der Waals surface area contributed by atoms with E-state index in [4.69, 9.17) is 0 Å². The highest BCUT2D eigenvalue weighted by Gasteiger charge is 2.28. The Morgan fingerprint density at radius 1 is 1.60 bits per heavy atom. The zero-order valence-corrected chi connectivity index (χ0v) is 5.40. The lowest BCUT2D eigenvalue weighted by Gasteiger charge is -2.02. The fraction of sp³-hybridized carbons (Fsp3) is 0.600. The van der Waals surface area contributed by atoms with Gasteiger partial charge in [0.1, 0.15) is 0 Å². The molecular formula is C5H7F3NO. The van der Waals surface area contributed by atoms with Gasteiger partial charge in [0.2, 0.25) is 6.61 Å². The van der Waals surface area contributed by atoms with Crippen molar-refractivity contribution in [2.75, 3.05) is 6.61 Å². The normalized spacial score (nSPS) is 13.5. The Morgan fingerprint density at radius 2 is 2.10 bits per heavy atom. The van der Waals surface area contributed by atoms with Crippen molar-refractivity contribution >= 4 is 5.71 Å². The van der Waals surface area contributed by atoms with E-state index >= 15 is 0 Å². The molecule has 2 nitrogen and oxygen atoms in total. The van der Waals surface area contributed by atoms with Gasteiger partial charge in [-0.1, -0.05) is 5.16 Å². The quantitative estimate of drug-likeness (QED) is 0.438. The summed E-state index contributed by atoms with van der Waals surface area (Å²) in [6.45, 7) is 3.30. The van der Waals surface area contributed by atoms with E-state index in [0.717, 1.165) is 0 Å². The van der Waals surface area contributed by atoms with Gasteiger partial charge in [0.15, 0.2) is 0 Å². The summed E-state index contributed by atoms with van der Waals surface area (Å²) >= 11 is 0. The molecule has 0 rings (SSSR count). The van der Waals surface area contributed by atoms with E-state index in [2.05, 4.69) is 16.9 Å². The van der Waals surface area contributed by atoms with Gasteiger partial charge in [-0.3, -0.25) is 0 Å². The van der Waals surface area contributed by atoms with Crippen molar-refractivity contribution in [3.63, 3.8) is 0 Å². The molecule has 0 aromatic heterocycles. The molecule has 0 fully saturated rings. The SMILES string of the molecule is [CH2]C(C)=NOCC(F)(F)F. The second kappa shape index (κ2) is 3.43. The van der Waals surface area contributed by atoms with Crippen molar-refractivity contribution in [2.45, 2.75) is 13.1 Å². The van der Waals surface area contributed by atoms with Crippen molar-refractivity contribution in [1.82, 2.24) is 0 Å². The Kier molecular flexibility index (Phi) is 3.18. The number of halogens is 3. The van der Waals surface area contributed by atoms with Crippen LogP contribution in [0, 0.1) is 6.92 Å². The van der Waals surface area contributed by atoms with Gasteiger partial charge in [-0.15, -0.1) is 0 Å². The van der Waals surface area contributed by atoms with E-state index in [-0.39, 0.29) is 5.71 Å². The van der Waals surface area contributed by atoms with E-state index in [1.54, 1.807) is 0 Å². The summed E-state index contributed by atoms with van der Waals surface area (Å²) in [6, 6.07) is 0. The predicted octanol–water partition coefficient (Wildman–Crippen LogP) is 1.78. The Hall–Kier alpha value is -0.740. The summed E-state index contributed by atoms with van der Waals surface area (Å²) in [7, 11) is 0. The highest BCUT2D eigenvalue weighted by Crippen LogP contribution is 2.14. The first kappa shape index (κ1) is 9.26. The third-order valence-electron chi connectivity index (χ3n) is 0.449. The molecule has 0 saturated heterocycles. The smallest absolute Gasteiger partial charge is 0.386 e. The molecule has 0 aromatic rings. The molecule has 5 heteroatoms. The predicted molar refractivity (Wildman–Crippen MR) is 30.5 cm³/mol. The molecule has 0 N–H and O–H groups in total. The van der Waals surface area contributed by atoms with Crippen molar-refractivity contribution in [1.29, 1.82) is 0 Å². The van der Waals surface area contributed by atoms with Crippen molar-refractivity contribution < 1.29 is 18.0 Å². The lowest BCUT2D eigenvalue weighted by molar-refractivity contribution is -0.173. The van der Waals surface area contributed by atoms with Crippen molar-refractivity contribution in [2.24, 2.45) is 5.16 Å². The molecule has 0 spiro atoms. The number of rotatable bonds is 2. The van der Waals surface area contributed by atoms with Gasteiger partial charge in [0.25, 0.3) is 0 Å². The van der Waals surface area contributed by atoms with Crippen LogP contribution in [-0.4, -0.2) is 18.5 Å². The van der Waals surface area contributed by atoms with E-state index in [0.29, 0.717) is 0 Å². The largest absolute Gasteiger partial charge is 0.425 e. The van der Waals surface area contributed by atoms with Crippen LogP contribution in [0.4, 0.5) is 13.2 Å². The van der Waals surface area contributed by atoms with Crippen LogP contribution in [0.5, 0.6) is 0 Å². The molecule has 0 amide bonds. The number of oxime groups is 1. The average Bonchev–Trinajstić information content (AvgIpc) is 1.59. The standard InChI is InChI=1S/C5H7F3NO/c1-4(2)9-10-3-5(6,7)8/h1,3H2,2H3. The highest BCUT2D eigenvalue weighted by molar-refractivity contribution is 5.85. The number of hydrogen-bond donors (Lipinski definition) is 0. The lowest BCUT2D eigenvalue weighted by atomic mass is 10.5. The first-order valence-corrected chi connectivity index (χ1v) is 2.47. The Labute approximate surface area is 56.7 Å². The Balaban J connectivity index is 3.47. The maximum atomic E-state index is 11.3. The summed E-state index contributed by atoms with van der Waals surface area (Å²) in [5.41, 5.74) is 0.212. The van der Waals surface area contributed by atoms with Gasteiger partial charge in [0.05, 0.1) is 5.71 Å². The maximum Gasteiger partial charge on any atom is 0.425 e. The molecular weight excluding hydrogens is 147 g/mol. The van der Waals surface area contributed by atoms with Crippen LogP contribution >= 0.6 is 0 Å². The molecule has 0 saturated carbocycles. The summed E-state index contributed by atoms with van der Waals surface area (Å²) in [6.07, 6.45) is -4.32. The van der Waals surface area contributed by atoms with Gasteiger partial charge >= 0.3 is 6.18 Å². The number of nitrogens with zero attached hydrogens (tertiary/aromatic N) is 1. The first-order chi connectivity index (χ1) is 4.42. The van der Waals surface area contributed by atoms with Gasteiger partial charge < -0.3 is 4.84 Å². The summed E-state index contributed by atoms with van der Waals surface area (Å²) < 4.78 is 33.9. The van der Waals surface area contributed by atoms with Crippen LogP contribution in [-0.2, 0) is 4.84 Å². The van der Waals surface area contributed by atoms with E-state index in [1.807, 2.05) is 0 Å².